The molecule has 2 rings (SSSR count). The third-order valence-electron chi connectivity index (χ3n) is 9.36. The van der Waals surface area contributed by atoms with E-state index >= 15 is 0 Å². The van der Waals surface area contributed by atoms with Crippen LogP contribution < -0.4 is 9.47 Å². The molecule has 1 aliphatic carbocycles. The van der Waals surface area contributed by atoms with E-state index in [-0.39, 0.29) is 24.0 Å². The van der Waals surface area contributed by atoms with Gasteiger partial charge >= 0.3 is 12.3 Å². The lowest BCUT2D eigenvalue weighted by Gasteiger charge is -2.40. The lowest BCUT2D eigenvalue weighted by Crippen LogP contribution is -2.30. The van der Waals surface area contributed by atoms with Crippen LogP contribution in [0.4, 0.5) is 9.59 Å². The highest BCUT2D eigenvalue weighted by Crippen LogP contribution is 2.51. The van der Waals surface area contributed by atoms with Crippen molar-refractivity contribution in [3.05, 3.63) is 34.9 Å². The van der Waals surface area contributed by atoms with Gasteiger partial charge in [-0.25, -0.2) is 9.59 Å². The van der Waals surface area contributed by atoms with Gasteiger partial charge in [-0.15, -0.1) is 0 Å². The lowest BCUT2D eigenvalue weighted by molar-refractivity contribution is 0.0440. The van der Waals surface area contributed by atoms with Crippen LogP contribution in [0, 0.1) is 17.3 Å². The maximum atomic E-state index is 13.2. The van der Waals surface area contributed by atoms with E-state index in [1.54, 1.807) is 0 Å². The fourth-order valence-electron chi connectivity index (χ4n) is 6.34. The van der Waals surface area contributed by atoms with Gasteiger partial charge in [-0.05, 0) is 87.1 Å². The first-order valence-corrected chi connectivity index (χ1v) is 17.7. The monoisotopic (exact) mass is 629 g/mol. The van der Waals surface area contributed by atoms with E-state index in [0.29, 0.717) is 29.6 Å². The molecule has 45 heavy (non-hydrogen) atoms. The Labute approximate surface area is 274 Å². The Kier molecular flexibility index (Phi) is 17.1. The molecule has 0 amide bonds. The summed E-state index contributed by atoms with van der Waals surface area (Å²) in [4.78, 5) is 28.3. The largest absolute Gasteiger partial charge is 0.515 e. The van der Waals surface area contributed by atoms with Crippen molar-refractivity contribution in [1.82, 2.24) is 4.90 Å². The molecule has 0 fully saturated rings. The predicted molar refractivity (Wildman–Crippen MR) is 183 cm³/mol. The maximum absolute atomic E-state index is 13.2. The molecular formula is C38H63NO6. The SMILES string of the molecule is CCCCCc1cc(OC(=O)OCCC(CC)CCCC)c(C2C=C(C)CCC2C(C)(C)C)c(OC(=O)OCN(CC)CC)c1. The van der Waals surface area contributed by atoms with Gasteiger partial charge in [0.1, 0.15) is 18.2 Å². The number of hydrogen-bond donors (Lipinski definition) is 0. The highest BCUT2D eigenvalue weighted by molar-refractivity contribution is 5.69. The van der Waals surface area contributed by atoms with Crippen LogP contribution in [-0.4, -0.2) is 43.6 Å². The van der Waals surface area contributed by atoms with Crippen molar-refractivity contribution in [3.63, 3.8) is 0 Å². The normalized spacial score (nSPS) is 17.5. The molecule has 0 aromatic heterocycles. The van der Waals surface area contributed by atoms with Gasteiger partial charge in [-0.3, -0.25) is 4.90 Å². The molecule has 0 bridgehead atoms. The minimum absolute atomic E-state index is 0.0341. The summed E-state index contributed by atoms with van der Waals surface area (Å²) >= 11 is 0. The number of ether oxygens (including phenoxy) is 4. The fraction of sp³-hybridized carbons (Fsp3) is 0.737. The number of carbonyl (C=O) groups is 2. The predicted octanol–water partition coefficient (Wildman–Crippen LogP) is 10.8. The maximum Gasteiger partial charge on any atom is 0.515 e. The molecule has 0 spiro atoms. The van der Waals surface area contributed by atoms with Gasteiger partial charge < -0.3 is 18.9 Å². The topological polar surface area (TPSA) is 74.3 Å². The second kappa shape index (κ2) is 19.9. The van der Waals surface area contributed by atoms with Gasteiger partial charge in [-0.1, -0.05) is 106 Å². The zero-order chi connectivity index (χ0) is 33.4. The fourth-order valence-corrected chi connectivity index (χ4v) is 6.34. The number of carbonyl (C=O) groups excluding carboxylic acids is 2. The summed E-state index contributed by atoms with van der Waals surface area (Å²) in [6.07, 6.45) is 12.1. The van der Waals surface area contributed by atoms with Gasteiger partial charge in [-0.2, -0.15) is 0 Å². The number of nitrogens with zero attached hydrogens (tertiary/aromatic N) is 1. The number of benzene rings is 1. The van der Waals surface area contributed by atoms with Crippen LogP contribution in [0.2, 0.25) is 0 Å². The first-order chi connectivity index (χ1) is 21.5. The van der Waals surface area contributed by atoms with Crippen LogP contribution in [0.25, 0.3) is 0 Å². The number of rotatable bonds is 18. The highest BCUT2D eigenvalue weighted by atomic mass is 16.7. The Morgan fingerprint density at radius 2 is 1.51 bits per heavy atom. The third kappa shape index (κ3) is 13.0. The average Bonchev–Trinajstić information content (AvgIpc) is 2.98. The van der Waals surface area contributed by atoms with Crippen molar-refractivity contribution in [1.29, 1.82) is 0 Å². The smallest absolute Gasteiger partial charge is 0.434 e. The Hall–Kier alpha value is -2.54. The summed E-state index contributed by atoms with van der Waals surface area (Å²) in [7, 11) is 0. The zero-order valence-corrected chi connectivity index (χ0v) is 30.0. The Bertz CT molecular complexity index is 1070. The molecule has 0 N–H and O–H groups in total. The van der Waals surface area contributed by atoms with E-state index in [9.17, 15) is 9.59 Å². The second-order valence-corrected chi connectivity index (χ2v) is 13.8. The molecule has 7 nitrogen and oxygen atoms in total. The van der Waals surface area contributed by atoms with Crippen LogP contribution in [0.3, 0.4) is 0 Å². The summed E-state index contributed by atoms with van der Waals surface area (Å²) in [5.74, 6) is 1.45. The van der Waals surface area contributed by atoms with Gasteiger partial charge in [0.2, 0.25) is 0 Å². The molecule has 7 heteroatoms. The molecule has 0 heterocycles. The van der Waals surface area contributed by atoms with E-state index in [2.05, 4.69) is 54.5 Å². The first kappa shape index (κ1) is 38.6. The summed E-state index contributed by atoms with van der Waals surface area (Å²) in [5.41, 5.74) is 2.90. The molecular weight excluding hydrogens is 566 g/mol. The third-order valence-corrected chi connectivity index (χ3v) is 9.36. The van der Waals surface area contributed by atoms with E-state index < -0.39 is 12.3 Å². The highest BCUT2D eigenvalue weighted by Gasteiger charge is 2.38. The van der Waals surface area contributed by atoms with Crippen LogP contribution in [0.1, 0.15) is 144 Å². The molecule has 1 aromatic rings. The van der Waals surface area contributed by atoms with Crippen molar-refractivity contribution >= 4 is 12.3 Å². The van der Waals surface area contributed by atoms with Crippen molar-refractivity contribution in [2.75, 3.05) is 26.4 Å². The van der Waals surface area contributed by atoms with Crippen LogP contribution in [-0.2, 0) is 15.9 Å². The van der Waals surface area contributed by atoms with Crippen molar-refractivity contribution in [2.45, 2.75) is 139 Å². The molecule has 1 aliphatic rings. The van der Waals surface area contributed by atoms with Crippen molar-refractivity contribution < 1.29 is 28.5 Å². The van der Waals surface area contributed by atoms with E-state index in [1.807, 2.05) is 30.9 Å². The van der Waals surface area contributed by atoms with E-state index in [1.165, 1.54) is 12.0 Å². The summed E-state index contributed by atoms with van der Waals surface area (Å²) < 4.78 is 23.3. The standard InChI is InChI=1S/C38H63NO6/c1-10-15-17-19-30-25-33(44-36(40)42-23-22-29(12-3)18-16-11-2)35(31-24-28(6)20-21-32(31)38(7,8)9)34(26-30)45-37(41)43-27-39(13-4)14-5/h24-26,29,31-32H,10-23,27H2,1-9H3. The van der Waals surface area contributed by atoms with E-state index in [4.69, 9.17) is 18.9 Å². The minimum Gasteiger partial charge on any atom is -0.434 e. The molecule has 256 valence electrons. The first-order valence-electron chi connectivity index (χ1n) is 17.7. The quantitative estimate of drug-likeness (QED) is 0.0526. The summed E-state index contributed by atoms with van der Waals surface area (Å²) in [6.45, 7) is 21.5. The number of aryl methyl sites for hydroxylation is 1. The molecule has 1 aromatic carbocycles. The molecule has 3 unspecified atom stereocenters. The van der Waals surface area contributed by atoms with Gasteiger partial charge in [0.25, 0.3) is 0 Å². The lowest BCUT2D eigenvalue weighted by atomic mass is 9.65. The van der Waals surface area contributed by atoms with Crippen LogP contribution in [0.5, 0.6) is 11.5 Å². The molecule has 0 saturated carbocycles. The summed E-state index contributed by atoms with van der Waals surface area (Å²) in [6, 6.07) is 3.90. The Morgan fingerprint density at radius 1 is 0.889 bits per heavy atom. The molecule has 0 radical (unpaired) electrons. The second-order valence-electron chi connectivity index (χ2n) is 13.8. The number of unbranched alkanes of at least 4 members (excludes halogenated alkanes) is 3. The van der Waals surface area contributed by atoms with Crippen LogP contribution >= 0.6 is 0 Å². The Morgan fingerprint density at radius 3 is 2.07 bits per heavy atom. The van der Waals surface area contributed by atoms with Crippen LogP contribution in [0.15, 0.2) is 23.8 Å². The average molecular weight is 630 g/mol. The number of allylic oxidation sites excluding steroid dienone is 2. The summed E-state index contributed by atoms with van der Waals surface area (Å²) in [5, 5.41) is 0. The molecule has 0 saturated heterocycles. The van der Waals surface area contributed by atoms with E-state index in [0.717, 1.165) is 82.9 Å². The minimum atomic E-state index is -0.760. The molecule has 0 aliphatic heterocycles. The Balaban J connectivity index is 2.53. The van der Waals surface area contributed by atoms with Crippen molar-refractivity contribution in [2.24, 2.45) is 17.3 Å². The van der Waals surface area contributed by atoms with Gasteiger partial charge in [0, 0.05) is 11.5 Å². The number of hydrogen-bond acceptors (Lipinski definition) is 7. The zero-order valence-electron chi connectivity index (χ0n) is 30.0. The van der Waals surface area contributed by atoms with Crippen molar-refractivity contribution in [3.8, 4) is 11.5 Å². The van der Waals surface area contributed by atoms with Gasteiger partial charge in [0.15, 0.2) is 0 Å². The molecule has 3 atom stereocenters. The van der Waals surface area contributed by atoms with Gasteiger partial charge in [0.05, 0.1) is 6.61 Å².